The smallest absolute Gasteiger partial charge is 0.191 e. The van der Waals surface area contributed by atoms with Crippen LogP contribution in [0, 0.1) is 0 Å². The molecule has 0 unspecified atom stereocenters. The second-order valence-electron chi connectivity index (χ2n) is 6.35. The first kappa shape index (κ1) is 23.0. The van der Waals surface area contributed by atoms with Crippen molar-refractivity contribution in [3.05, 3.63) is 30.3 Å². The molecule has 0 spiro atoms. The van der Waals surface area contributed by atoms with Crippen LogP contribution in [0.25, 0.3) is 0 Å². The van der Waals surface area contributed by atoms with Crippen molar-refractivity contribution in [3.8, 4) is 5.75 Å². The van der Waals surface area contributed by atoms with Gasteiger partial charge in [0.1, 0.15) is 12.4 Å². The minimum absolute atomic E-state index is 0. The number of para-hydroxylation sites is 1. The molecule has 1 aromatic carbocycles. The highest BCUT2D eigenvalue weighted by Crippen LogP contribution is 2.07. The Balaban J connectivity index is 0.00000338. The van der Waals surface area contributed by atoms with Gasteiger partial charge in [-0.1, -0.05) is 18.2 Å². The second kappa shape index (κ2) is 14.1. The van der Waals surface area contributed by atoms with E-state index in [1.807, 2.05) is 30.3 Å². The number of halogens is 1. The molecule has 0 radical (unpaired) electrons. The maximum Gasteiger partial charge on any atom is 0.191 e. The lowest BCUT2D eigenvalue weighted by atomic mass is 10.3. The largest absolute Gasteiger partial charge is 0.492 e. The average Bonchev–Trinajstić information content (AvgIpc) is 2.84. The van der Waals surface area contributed by atoms with Gasteiger partial charge in [-0.3, -0.25) is 4.99 Å². The second-order valence-corrected chi connectivity index (χ2v) is 6.35. The summed E-state index contributed by atoms with van der Waals surface area (Å²) >= 11 is 0. The molecule has 2 N–H and O–H groups in total. The van der Waals surface area contributed by atoms with Crippen LogP contribution in [0.5, 0.6) is 5.75 Å². The Morgan fingerprint density at radius 3 is 2.69 bits per heavy atom. The van der Waals surface area contributed by atoms with E-state index >= 15 is 0 Å². The molecule has 1 heterocycles. The summed E-state index contributed by atoms with van der Waals surface area (Å²) < 4.78 is 5.70. The maximum atomic E-state index is 5.70. The highest BCUT2D eigenvalue weighted by molar-refractivity contribution is 14.0. The third kappa shape index (κ3) is 9.59. The molecule has 26 heavy (non-hydrogen) atoms. The van der Waals surface area contributed by atoms with Gasteiger partial charge in [-0.05, 0) is 45.6 Å². The SMILES string of the molecule is CCNC(=NCCN1CCCN(C)CC1)NCCOc1ccccc1.I. The first-order chi connectivity index (χ1) is 12.3. The van der Waals surface area contributed by atoms with E-state index in [1.165, 1.54) is 19.5 Å². The summed E-state index contributed by atoms with van der Waals surface area (Å²) in [5.41, 5.74) is 0. The quantitative estimate of drug-likeness (QED) is 0.260. The van der Waals surface area contributed by atoms with E-state index in [0.29, 0.717) is 6.61 Å². The molecule has 148 valence electrons. The molecule has 0 amide bonds. The number of rotatable bonds is 8. The van der Waals surface area contributed by atoms with Crippen molar-refractivity contribution < 1.29 is 4.74 Å². The fraction of sp³-hybridized carbons (Fsp3) is 0.632. The van der Waals surface area contributed by atoms with Crippen molar-refractivity contribution in [3.63, 3.8) is 0 Å². The number of nitrogens with zero attached hydrogens (tertiary/aromatic N) is 3. The predicted molar refractivity (Wildman–Crippen MR) is 120 cm³/mol. The molecule has 1 aromatic rings. The van der Waals surface area contributed by atoms with Gasteiger partial charge in [0.05, 0.1) is 13.1 Å². The molecule has 0 bridgehead atoms. The molecule has 6 nitrogen and oxygen atoms in total. The van der Waals surface area contributed by atoms with Crippen LogP contribution in [0.2, 0.25) is 0 Å². The van der Waals surface area contributed by atoms with Gasteiger partial charge in [0, 0.05) is 26.2 Å². The topological polar surface area (TPSA) is 52.1 Å². The first-order valence-corrected chi connectivity index (χ1v) is 9.39. The van der Waals surface area contributed by atoms with E-state index in [9.17, 15) is 0 Å². The van der Waals surface area contributed by atoms with E-state index in [1.54, 1.807) is 0 Å². The molecule has 0 saturated carbocycles. The lowest BCUT2D eigenvalue weighted by Gasteiger charge is -2.19. The van der Waals surface area contributed by atoms with Gasteiger partial charge < -0.3 is 25.2 Å². The van der Waals surface area contributed by atoms with Crippen LogP contribution in [-0.2, 0) is 0 Å². The maximum absolute atomic E-state index is 5.70. The molecular weight excluding hydrogens is 441 g/mol. The first-order valence-electron chi connectivity index (χ1n) is 9.39. The van der Waals surface area contributed by atoms with E-state index in [4.69, 9.17) is 4.74 Å². The zero-order valence-corrected chi connectivity index (χ0v) is 18.4. The molecule has 2 rings (SSSR count). The molecule has 0 aliphatic carbocycles. The number of hydrogen-bond acceptors (Lipinski definition) is 4. The number of aliphatic imine (C=N–C) groups is 1. The van der Waals surface area contributed by atoms with Gasteiger partial charge in [0.2, 0.25) is 0 Å². The minimum Gasteiger partial charge on any atom is -0.492 e. The summed E-state index contributed by atoms with van der Waals surface area (Å²) in [7, 11) is 2.20. The van der Waals surface area contributed by atoms with Crippen LogP contribution in [-0.4, -0.2) is 81.8 Å². The molecular formula is C19H34IN5O. The fourth-order valence-corrected chi connectivity index (χ4v) is 2.82. The molecule has 1 saturated heterocycles. The molecule has 1 fully saturated rings. The summed E-state index contributed by atoms with van der Waals surface area (Å²) in [6.07, 6.45) is 1.25. The van der Waals surface area contributed by atoms with Crippen molar-refractivity contribution in [1.82, 2.24) is 20.4 Å². The number of ether oxygens (including phenoxy) is 1. The Kier molecular flexibility index (Phi) is 12.4. The lowest BCUT2D eigenvalue weighted by molar-refractivity contribution is 0.283. The third-order valence-electron chi connectivity index (χ3n) is 4.25. The number of benzene rings is 1. The lowest BCUT2D eigenvalue weighted by Crippen LogP contribution is -2.40. The van der Waals surface area contributed by atoms with Gasteiger partial charge in [0.15, 0.2) is 5.96 Å². The highest BCUT2D eigenvalue weighted by Gasteiger charge is 2.11. The summed E-state index contributed by atoms with van der Waals surface area (Å²) in [5.74, 6) is 1.77. The molecule has 1 aliphatic rings. The van der Waals surface area contributed by atoms with Crippen molar-refractivity contribution in [2.45, 2.75) is 13.3 Å². The van der Waals surface area contributed by atoms with E-state index < -0.39 is 0 Å². The summed E-state index contributed by atoms with van der Waals surface area (Å²) in [4.78, 5) is 9.60. The highest BCUT2D eigenvalue weighted by atomic mass is 127. The summed E-state index contributed by atoms with van der Waals surface area (Å²) in [6.45, 7) is 10.8. The van der Waals surface area contributed by atoms with Crippen molar-refractivity contribution in [2.24, 2.45) is 4.99 Å². The normalized spacial score (nSPS) is 16.5. The van der Waals surface area contributed by atoms with Crippen LogP contribution in [0.3, 0.4) is 0 Å². The molecule has 1 aliphatic heterocycles. The Morgan fingerprint density at radius 2 is 1.92 bits per heavy atom. The van der Waals surface area contributed by atoms with E-state index in [-0.39, 0.29) is 24.0 Å². The average molecular weight is 475 g/mol. The molecule has 7 heteroatoms. The zero-order valence-electron chi connectivity index (χ0n) is 16.1. The van der Waals surface area contributed by atoms with Gasteiger partial charge in [-0.25, -0.2) is 0 Å². The predicted octanol–water partition coefficient (Wildman–Crippen LogP) is 1.88. The van der Waals surface area contributed by atoms with Crippen molar-refractivity contribution in [1.29, 1.82) is 0 Å². The van der Waals surface area contributed by atoms with E-state index in [0.717, 1.165) is 51.0 Å². The van der Waals surface area contributed by atoms with Gasteiger partial charge >= 0.3 is 0 Å². The zero-order chi connectivity index (χ0) is 17.7. The van der Waals surface area contributed by atoms with Crippen molar-refractivity contribution >= 4 is 29.9 Å². The number of likely N-dealkylation sites (N-methyl/N-ethyl adjacent to an activating group) is 1. The minimum atomic E-state index is 0. The van der Waals surface area contributed by atoms with Gasteiger partial charge in [-0.15, -0.1) is 24.0 Å². The van der Waals surface area contributed by atoms with Crippen LogP contribution in [0.4, 0.5) is 0 Å². The van der Waals surface area contributed by atoms with Crippen LogP contribution in [0.1, 0.15) is 13.3 Å². The third-order valence-corrected chi connectivity index (χ3v) is 4.25. The number of nitrogens with one attached hydrogen (secondary N) is 2. The molecule has 0 atom stereocenters. The number of hydrogen-bond donors (Lipinski definition) is 2. The van der Waals surface area contributed by atoms with E-state index in [2.05, 4.69) is 39.4 Å². The Bertz CT molecular complexity index is 500. The van der Waals surface area contributed by atoms with Crippen LogP contribution in [0.15, 0.2) is 35.3 Å². The number of guanidine groups is 1. The molecule has 0 aromatic heterocycles. The standard InChI is InChI=1S/C19H33N5O.HI/c1-3-20-19(22-11-17-25-18-8-5-4-6-9-18)21-10-14-24-13-7-12-23(2)15-16-24;/h4-6,8-9H,3,7,10-17H2,1-2H3,(H2,20,21,22);1H. The van der Waals surface area contributed by atoms with Gasteiger partial charge in [-0.2, -0.15) is 0 Å². The van der Waals surface area contributed by atoms with Crippen LogP contribution >= 0.6 is 24.0 Å². The Hall–Kier alpha value is -1.06. The Morgan fingerprint density at radius 1 is 1.12 bits per heavy atom. The van der Waals surface area contributed by atoms with Gasteiger partial charge in [0.25, 0.3) is 0 Å². The Labute approximate surface area is 175 Å². The fourth-order valence-electron chi connectivity index (χ4n) is 2.82. The monoisotopic (exact) mass is 475 g/mol. The van der Waals surface area contributed by atoms with Crippen LogP contribution < -0.4 is 15.4 Å². The summed E-state index contributed by atoms with van der Waals surface area (Å²) in [6, 6.07) is 9.89. The summed E-state index contributed by atoms with van der Waals surface area (Å²) in [5, 5.41) is 6.63. The van der Waals surface area contributed by atoms with Crippen molar-refractivity contribution in [2.75, 3.05) is 66.0 Å².